The van der Waals surface area contributed by atoms with Gasteiger partial charge in [-0.05, 0) is 37.1 Å². The van der Waals surface area contributed by atoms with Gasteiger partial charge in [-0.1, -0.05) is 23.8 Å². The van der Waals surface area contributed by atoms with Gasteiger partial charge in [0.2, 0.25) is 5.91 Å². The van der Waals surface area contributed by atoms with Crippen molar-refractivity contribution in [2.24, 2.45) is 16.9 Å². The highest BCUT2D eigenvalue weighted by Crippen LogP contribution is 2.29. The zero-order chi connectivity index (χ0) is 21.8. The molecule has 0 aliphatic carbocycles. The van der Waals surface area contributed by atoms with Crippen molar-refractivity contribution in [3.8, 4) is 5.75 Å². The van der Waals surface area contributed by atoms with Crippen LogP contribution in [0.15, 0.2) is 41.5 Å². The van der Waals surface area contributed by atoms with E-state index in [1.807, 2.05) is 25.1 Å². The first kappa shape index (κ1) is 21.0. The number of aryl methyl sites for hydroxylation is 1. The number of benzene rings is 2. The molecule has 0 fully saturated rings. The fraction of sp³-hybridized carbons (Fsp3) is 0.273. The number of nitrogens with zero attached hydrogens (tertiary/aromatic N) is 2. The van der Waals surface area contributed by atoms with Gasteiger partial charge in [0.25, 0.3) is 5.91 Å². The highest BCUT2D eigenvalue weighted by Gasteiger charge is 2.27. The second kappa shape index (κ2) is 8.77. The monoisotopic (exact) mass is 407 g/mol. The Morgan fingerprint density at radius 3 is 2.70 bits per heavy atom. The Morgan fingerprint density at radius 2 is 2.03 bits per heavy atom. The summed E-state index contributed by atoms with van der Waals surface area (Å²) < 4.78 is 5.75. The van der Waals surface area contributed by atoms with Crippen molar-refractivity contribution in [2.75, 3.05) is 26.0 Å². The van der Waals surface area contributed by atoms with Gasteiger partial charge < -0.3 is 26.2 Å². The Balaban J connectivity index is 1.87. The van der Waals surface area contributed by atoms with Gasteiger partial charge in [-0.25, -0.2) is 0 Å². The van der Waals surface area contributed by atoms with E-state index in [-0.39, 0.29) is 30.1 Å². The maximum Gasteiger partial charge on any atom is 0.255 e. The number of amides is 2. The van der Waals surface area contributed by atoms with Crippen molar-refractivity contribution in [3.05, 3.63) is 58.7 Å². The first-order chi connectivity index (χ1) is 14.3. The van der Waals surface area contributed by atoms with E-state index < -0.39 is 0 Å². The number of anilines is 1. The number of rotatable bonds is 5. The molecule has 0 saturated carbocycles. The van der Waals surface area contributed by atoms with Gasteiger partial charge in [-0.3, -0.25) is 9.59 Å². The van der Waals surface area contributed by atoms with E-state index in [1.54, 1.807) is 32.3 Å². The van der Waals surface area contributed by atoms with Crippen LogP contribution in [-0.2, 0) is 11.2 Å². The summed E-state index contributed by atoms with van der Waals surface area (Å²) in [6.07, 6.45) is 1.58. The van der Waals surface area contributed by atoms with E-state index in [1.165, 1.54) is 4.90 Å². The third-order valence-electron chi connectivity index (χ3n) is 4.98. The van der Waals surface area contributed by atoms with E-state index in [4.69, 9.17) is 16.0 Å². The van der Waals surface area contributed by atoms with E-state index in [9.17, 15) is 9.59 Å². The van der Waals surface area contributed by atoms with Gasteiger partial charge in [0.1, 0.15) is 18.1 Å². The second-order valence-corrected chi connectivity index (χ2v) is 7.43. The summed E-state index contributed by atoms with van der Waals surface area (Å²) in [6.45, 7) is 2.27. The number of hydrogen-bond acceptors (Lipinski definition) is 6. The zero-order valence-corrected chi connectivity index (χ0v) is 17.2. The number of nitrogens with one attached hydrogen (secondary N) is 2. The Morgan fingerprint density at radius 1 is 1.27 bits per heavy atom. The molecule has 0 saturated heterocycles. The van der Waals surface area contributed by atoms with Crippen molar-refractivity contribution >= 4 is 29.4 Å². The van der Waals surface area contributed by atoms with Crippen LogP contribution in [0.1, 0.15) is 27.0 Å². The van der Waals surface area contributed by atoms with Crippen molar-refractivity contribution < 1.29 is 14.3 Å². The Labute approximate surface area is 175 Å². The number of carbonyl (C=O) groups is 2. The molecule has 30 heavy (non-hydrogen) atoms. The van der Waals surface area contributed by atoms with Crippen LogP contribution in [0.5, 0.6) is 5.75 Å². The fourth-order valence-corrected chi connectivity index (χ4v) is 3.35. The SMILES string of the molecule is Cc1ccc2c(c1)CC(C(=O)Nc1ccc(/C(C=N)=N/N)cc1C(=O)N(C)C)CO2. The van der Waals surface area contributed by atoms with E-state index in [2.05, 4.69) is 10.4 Å². The second-order valence-electron chi connectivity index (χ2n) is 7.43. The minimum absolute atomic E-state index is 0.220. The predicted molar refractivity (Wildman–Crippen MR) is 116 cm³/mol. The lowest BCUT2D eigenvalue weighted by Crippen LogP contribution is -2.33. The average molecular weight is 407 g/mol. The Hall–Kier alpha value is -3.68. The molecule has 8 nitrogen and oxygen atoms in total. The van der Waals surface area contributed by atoms with Crippen LogP contribution >= 0.6 is 0 Å². The number of carbonyl (C=O) groups excluding carboxylic acids is 2. The zero-order valence-electron chi connectivity index (χ0n) is 17.2. The lowest BCUT2D eigenvalue weighted by atomic mass is 9.94. The largest absolute Gasteiger partial charge is 0.492 e. The van der Waals surface area contributed by atoms with E-state index >= 15 is 0 Å². The quantitative estimate of drug-likeness (QED) is 0.400. The number of hydrazone groups is 1. The van der Waals surface area contributed by atoms with Gasteiger partial charge in [-0.15, -0.1) is 0 Å². The molecule has 0 radical (unpaired) electrons. The minimum Gasteiger partial charge on any atom is -0.492 e. The standard InChI is InChI=1S/C22H25N5O3/c1-13-4-7-20-15(8-13)9-16(12-30-20)21(28)25-18-6-5-14(19(11-23)26-24)10-17(18)22(29)27(2)3/h4-8,10-11,16,23H,9,12,24H2,1-3H3,(H,25,28)/b23-11?,26-19+. The molecule has 2 aromatic rings. The lowest BCUT2D eigenvalue weighted by molar-refractivity contribution is -0.121. The number of fused-ring (bicyclic) bond motifs is 1. The molecule has 0 aromatic heterocycles. The van der Waals surface area contributed by atoms with Crippen LogP contribution < -0.4 is 15.9 Å². The molecule has 156 valence electrons. The molecule has 3 rings (SSSR count). The topological polar surface area (TPSA) is 121 Å². The van der Waals surface area contributed by atoms with Crippen LogP contribution in [0.4, 0.5) is 5.69 Å². The summed E-state index contributed by atoms with van der Waals surface area (Å²) in [4.78, 5) is 27.1. The minimum atomic E-state index is -0.371. The predicted octanol–water partition coefficient (Wildman–Crippen LogP) is 2.20. The van der Waals surface area contributed by atoms with Crippen LogP contribution in [-0.4, -0.2) is 49.3 Å². The van der Waals surface area contributed by atoms with E-state index in [0.29, 0.717) is 23.2 Å². The molecule has 8 heteroatoms. The average Bonchev–Trinajstić information content (AvgIpc) is 2.74. The summed E-state index contributed by atoms with van der Waals surface area (Å²) in [5.74, 6) is 5.25. The van der Waals surface area contributed by atoms with Crippen molar-refractivity contribution in [3.63, 3.8) is 0 Å². The molecule has 4 N–H and O–H groups in total. The molecule has 1 heterocycles. The van der Waals surface area contributed by atoms with Gasteiger partial charge in [0, 0.05) is 25.9 Å². The molecular formula is C22H25N5O3. The molecule has 1 aliphatic heterocycles. The summed E-state index contributed by atoms with van der Waals surface area (Å²) in [5.41, 5.74) is 3.53. The Kier molecular flexibility index (Phi) is 6.15. The number of nitrogens with two attached hydrogens (primary N) is 1. The summed E-state index contributed by atoms with van der Waals surface area (Å²) >= 11 is 0. The summed E-state index contributed by atoms with van der Waals surface area (Å²) in [7, 11) is 3.26. The van der Waals surface area contributed by atoms with Crippen LogP contribution in [0.3, 0.4) is 0 Å². The third kappa shape index (κ3) is 4.32. The van der Waals surface area contributed by atoms with Crippen molar-refractivity contribution in [1.29, 1.82) is 5.41 Å². The third-order valence-corrected chi connectivity index (χ3v) is 4.98. The van der Waals surface area contributed by atoms with Crippen molar-refractivity contribution in [1.82, 2.24) is 4.90 Å². The molecule has 0 spiro atoms. The molecule has 1 atom stereocenters. The van der Waals surface area contributed by atoms with Gasteiger partial charge in [-0.2, -0.15) is 5.10 Å². The number of hydrogen-bond donors (Lipinski definition) is 3. The van der Waals surface area contributed by atoms with Gasteiger partial charge in [0.05, 0.1) is 17.2 Å². The first-order valence-electron chi connectivity index (χ1n) is 9.51. The van der Waals surface area contributed by atoms with E-state index in [0.717, 1.165) is 23.1 Å². The molecule has 2 aromatic carbocycles. The highest BCUT2D eigenvalue weighted by atomic mass is 16.5. The van der Waals surface area contributed by atoms with Crippen molar-refractivity contribution in [2.45, 2.75) is 13.3 Å². The Bertz CT molecular complexity index is 1030. The summed E-state index contributed by atoms with van der Waals surface area (Å²) in [5, 5.41) is 13.8. The normalized spacial score (nSPS) is 15.6. The molecule has 2 amide bonds. The van der Waals surface area contributed by atoms with Crippen LogP contribution in [0, 0.1) is 18.3 Å². The first-order valence-corrected chi connectivity index (χ1v) is 9.51. The molecule has 1 aliphatic rings. The maximum atomic E-state index is 12.9. The molecular weight excluding hydrogens is 382 g/mol. The smallest absolute Gasteiger partial charge is 0.255 e. The van der Waals surface area contributed by atoms with Gasteiger partial charge >= 0.3 is 0 Å². The molecule has 1 unspecified atom stereocenters. The highest BCUT2D eigenvalue weighted by molar-refractivity contribution is 6.37. The maximum absolute atomic E-state index is 12.9. The number of ether oxygens (including phenoxy) is 1. The van der Waals surface area contributed by atoms with Crippen LogP contribution in [0.25, 0.3) is 0 Å². The fourth-order valence-electron chi connectivity index (χ4n) is 3.35. The summed E-state index contributed by atoms with van der Waals surface area (Å²) in [6, 6.07) is 10.8. The van der Waals surface area contributed by atoms with Crippen LogP contribution in [0.2, 0.25) is 0 Å². The van der Waals surface area contributed by atoms with Gasteiger partial charge in [0.15, 0.2) is 0 Å². The molecule has 0 bridgehead atoms. The lowest BCUT2D eigenvalue weighted by Gasteiger charge is -2.25.